The second-order valence-corrected chi connectivity index (χ2v) is 7.77. The van der Waals surface area contributed by atoms with Crippen LogP contribution >= 0.6 is 0 Å². The summed E-state index contributed by atoms with van der Waals surface area (Å²) in [5.41, 5.74) is 8.57. The predicted molar refractivity (Wildman–Crippen MR) is 114 cm³/mol. The molecule has 1 aliphatic rings. The Hall–Kier alpha value is -3.50. The van der Waals surface area contributed by atoms with Gasteiger partial charge in [0, 0.05) is 25.7 Å². The summed E-state index contributed by atoms with van der Waals surface area (Å²) in [6.07, 6.45) is 4.36. The second-order valence-electron chi connectivity index (χ2n) is 7.77. The number of nitrogens with two attached hydrogens (primary N) is 1. The van der Waals surface area contributed by atoms with Crippen LogP contribution in [0.1, 0.15) is 18.4 Å². The molecule has 3 heterocycles. The molecule has 1 fully saturated rings. The van der Waals surface area contributed by atoms with E-state index in [1.807, 2.05) is 42.6 Å². The molecule has 0 spiro atoms. The molecule has 1 saturated heterocycles. The number of nitrogens with one attached hydrogen (secondary N) is 3. The summed E-state index contributed by atoms with van der Waals surface area (Å²) in [5.74, 6) is -0.296. The number of nitrogens with zero attached hydrogens (tertiary/aromatic N) is 3. The number of hydroxylamine groups is 1. The van der Waals surface area contributed by atoms with Gasteiger partial charge in [-0.2, -0.15) is 0 Å². The average molecular weight is 423 g/mol. The molecule has 1 atom stereocenters. The summed E-state index contributed by atoms with van der Waals surface area (Å²) in [6, 6.07) is 10.3. The van der Waals surface area contributed by atoms with E-state index < -0.39 is 23.4 Å². The summed E-state index contributed by atoms with van der Waals surface area (Å²) >= 11 is 0. The zero-order chi connectivity index (χ0) is 21.8. The van der Waals surface area contributed by atoms with Crippen molar-refractivity contribution in [1.29, 1.82) is 0 Å². The van der Waals surface area contributed by atoms with E-state index in [0.29, 0.717) is 25.9 Å². The van der Waals surface area contributed by atoms with Gasteiger partial charge in [0.05, 0.1) is 10.9 Å². The second kappa shape index (κ2) is 8.70. The maximum Gasteiger partial charge on any atom is 0.266 e. The van der Waals surface area contributed by atoms with Crippen LogP contribution in [-0.4, -0.2) is 56.6 Å². The summed E-state index contributed by atoms with van der Waals surface area (Å²) < 4.78 is 0. The van der Waals surface area contributed by atoms with Crippen molar-refractivity contribution in [3.8, 4) is 0 Å². The summed E-state index contributed by atoms with van der Waals surface area (Å²) in [4.78, 5) is 38.9. The summed E-state index contributed by atoms with van der Waals surface area (Å²) in [6.45, 7) is 1.08. The molecule has 10 heteroatoms. The number of aromatic amines is 1. The van der Waals surface area contributed by atoms with Gasteiger partial charge in [-0.3, -0.25) is 14.8 Å². The Bertz CT molecular complexity index is 1060. The van der Waals surface area contributed by atoms with E-state index in [1.165, 1.54) is 6.33 Å². The topological polar surface area (TPSA) is 149 Å². The first-order valence-electron chi connectivity index (χ1n) is 10.1. The van der Waals surface area contributed by atoms with Crippen LogP contribution < -0.4 is 21.4 Å². The smallest absolute Gasteiger partial charge is 0.266 e. The fourth-order valence-corrected chi connectivity index (χ4v) is 3.89. The molecule has 4 rings (SSSR count). The molecule has 31 heavy (non-hydrogen) atoms. The van der Waals surface area contributed by atoms with Crippen LogP contribution in [0.2, 0.25) is 0 Å². The normalized spacial score (nSPS) is 16.6. The van der Waals surface area contributed by atoms with Crippen molar-refractivity contribution < 1.29 is 14.8 Å². The molecule has 3 aromatic rings. The minimum absolute atomic E-state index is 0.244. The molecule has 6 N–H and O–H groups in total. The molecule has 1 aliphatic heterocycles. The quantitative estimate of drug-likeness (QED) is 0.286. The molecule has 0 bridgehead atoms. The number of anilines is 1. The molecule has 0 unspecified atom stereocenters. The van der Waals surface area contributed by atoms with Gasteiger partial charge in [0.2, 0.25) is 5.91 Å². The Labute approximate surface area is 178 Å². The number of hydrogen-bond donors (Lipinski definition) is 5. The molecular formula is C21H25N7O3. The lowest BCUT2D eigenvalue weighted by Gasteiger charge is -2.39. The number of hydrogen-bond acceptors (Lipinski definition) is 7. The van der Waals surface area contributed by atoms with Crippen molar-refractivity contribution >= 4 is 28.7 Å². The Morgan fingerprint density at radius 3 is 2.65 bits per heavy atom. The van der Waals surface area contributed by atoms with Crippen LogP contribution in [0.25, 0.3) is 11.0 Å². The Balaban J connectivity index is 1.43. The minimum atomic E-state index is -1.12. The lowest BCUT2D eigenvalue weighted by molar-refractivity contribution is -0.136. The lowest BCUT2D eigenvalue weighted by atomic mass is 9.87. The van der Waals surface area contributed by atoms with Crippen LogP contribution in [0, 0.1) is 0 Å². The number of carbonyl (C=O) groups is 2. The van der Waals surface area contributed by atoms with Crippen LogP contribution in [-0.2, 0) is 16.0 Å². The van der Waals surface area contributed by atoms with Gasteiger partial charge in [0.25, 0.3) is 5.91 Å². The molecule has 162 valence electrons. The number of aromatic nitrogens is 3. The minimum Gasteiger partial charge on any atom is -0.356 e. The van der Waals surface area contributed by atoms with Crippen LogP contribution in [0.3, 0.4) is 0 Å². The van der Waals surface area contributed by atoms with Crippen LogP contribution in [0.4, 0.5) is 5.82 Å². The third kappa shape index (κ3) is 4.35. The third-order valence-corrected chi connectivity index (χ3v) is 5.76. The fraction of sp³-hybridized carbons (Fsp3) is 0.333. The maximum atomic E-state index is 13.0. The number of piperidine rings is 1. The van der Waals surface area contributed by atoms with E-state index in [-0.39, 0.29) is 6.42 Å². The zero-order valence-electron chi connectivity index (χ0n) is 16.9. The van der Waals surface area contributed by atoms with Crippen LogP contribution in [0.15, 0.2) is 48.9 Å². The largest absolute Gasteiger partial charge is 0.356 e. The van der Waals surface area contributed by atoms with E-state index in [4.69, 9.17) is 10.9 Å². The first-order valence-corrected chi connectivity index (χ1v) is 10.1. The highest BCUT2D eigenvalue weighted by Crippen LogP contribution is 2.28. The number of H-pyrrole nitrogens is 1. The molecule has 1 aromatic carbocycles. The van der Waals surface area contributed by atoms with E-state index in [0.717, 1.165) is 22.4 Å². The molecule has 10 nitrogen and oxygen atoms in total. The molecular weight excluding hydrogens is 398 g/mol. The number of benzene rings is 1. The van der Waals surface area contributed by atoms with Gasteiger partial charge in [-0.1, -0.05) is 30.3 Å². The third-order valence-electron chi connectivity index (χ3n) is 5.76. The van der Waals surface area contributed by atoms with E-state index >= 15 is 0 Å². The molecule has 2 amide bonds. The van der Waals surface area contributed by atoms with Crippen molar-refractivity contribution in [1.82, 2.24) is 25.7 Å². The molecule has 0 saturated carbocycles. The van der Waals surface area contributed by atoms with Gasteiger partial charge in [-0.15, -0.1) is 0 Å². The Morgan fingerprint density at radius 1 is 1.19 bits per heavy atom. The average Bonchev–Trinajstić information content (AvgIpc) is 3.28. The highest BCUT2D eigenvalue weighted by atomic mass is 16.5. The summed E-state index contributed by atoms with van der Waals surface area (Å²) in [7, 11) is 0. The van der Waals surface area contributed by atoms with Gasteiger partial charge < -0.3 is 20.9 Å². The Morgan fingerprint density at radius 2 is 1.94 bits per heavy atom. The van der Waals surface area contributed by atoms with Gasteiger partial charge in [0.15, 0.2) is 0 Å². The number of fused-ring (bicyclic) bond motifs is 1. The SMILES string of the molecule is NC1(C(=O)N[C@@H](Cc2ccccc2)C(=O)NO)CCN(c2ncnc3[nH]ccc23)CC1. The van der Waals surface area contributed by atoms with Crippen molar-refractivity contribution in [3.63, 3.8) is 0 Å². The Kier molecular flexibility index (Phi) is 5.83. The summed E-state index contributed by atoms with van der Waals surface area (Å²) in [5, 5.41) is 12.7. The molecule has 0 radical (unpaired) electrons. The highest BCUT2D eigenvalue weighted by Gasteiger charge is 2.40. The van der Waals surface area contributed by atoms with E-state index in [1.54, 1.807) is 5.48 Å². The maximum absolute atomic E-state index is 13.0. The number of rotatable bonds is 6. The molecule has 0 aliphatic carbocycles. The highest BCUT2D eigenvalue weighted by molar-refractivity contribution is 5.92. The predicted octanol–water partition coefficient (Wildman–Crippen LogP) is 0.489. The van der Waals surface area contributed by atoms with Crippen molar-refractivity contribution in [2.75, 3.05) is 18.0 Å². The lowest BCUT2D eigenvalue weighted by Crippen LogP contribution is -2.62. The van der Waals surface area contributed by atoms with Gasteiger partial charge in [-0.25, -0.2) is 15.4 Å². The fourth-order valence-electron chi connectivity index (χ4n) is 3.89. The first kappa shape index (κ1) is 20.8. The molecule has 2 aromatic heterocycles. The standard InChI is InChI=1S/C21H25N7O3/c22-21(20(30)26-16(19(29)27-31)12-14-4-2-1-3-5-14)7-10-28(11-8-21)18-15-6-9-23-17(15)24-13-25-18/h1-6,9,13,16,31H,7-8,10-12,22H2,(H,26,30)(H,27,29)(H,23,24,25)/t16-/m0/s1. The van der Waals surface area contributed by atoms with E-state index in [2.05, 4.69) is 25.2 Å². The number of amides is 2. The zero-order valence-corrected chi connectivity index (χ0v) is 16.9. The van der Waals surface area contributed by atoms with Crippen molar-refractivity contribution in [3.05, 3.63) is 54.5 Å². The van der Waals surface area contributed by atoms with Gasteiger partial charge in [0.1, 0.15) is 23.8 Å². The number of carbonyl (C=O) groups excluding carboxylic acids is 2. The van der Waals surface area contributed by atoms with Gasteiger partial charge in [-0.05, 0) is 24.5 Å². The van der Waals surface area contributed by atoms with Crippen molar-refractivity contribution in [2.45, 2.75) is 30.8 Å². The monoisotopic (exact) mass is 423 g/mol. The van der Waals surface area contributed by atoms with Gasteiger partial charge >= 0.3 is 0 Å². The van der Waals surface area contributed by atoms with Crippen LogP contribution in [0.5, 0.6) is 0 Å². The van der Waals surface area contributed by atoms with E-state index in [9.17, 15) is 9.59 Å². The van der Waals surface area contributed by atoms with Crippen molar-refractivity contribution in [2.24, 2.45) is 5.73 Å². The first-order chi connectivity index (χ1) is 15.0.